The van der Waals surface area contributed by atoms with E-state index in [0.717, 1.165) is 0 Å². The normalized spacial score (nSPS) is 52.2. The summed E-state index contributed by atoms with van der Waals surface area (Å²) in [5.41, 5.74) is -0.613. The van der Waals surface area contributed by atoms with E-state index in [1.807, 2.05) is 0 Å². The Morgan fingerprint density at radius 1 is 1.92 bits per heavy atom. The summed E-state index contributed by atoms with van der Waals surface area (Å²) in [6.07, 6.45) is 0.446. The number of nitrogens with zero attached hydrogens (tertiary/aromatic N) is 2. The molecule has 2 heterocycles. The van der Waals surface area contributed by atoms with Gasteiger partial charge in [-0.2, -0.15) is 4.98 Å². The Bertz CT molecular complexity index is 431. The number of piperidine rings is 1. The highest BCUT2D eigenvalue weighted by Crippen LogP contribution is 2.55. The Hall–Kier alpha value is -0.900. The van der Waals surface area contributed by atoms with Crippen LogP contribution in [0.2, 0.25) is 0 Å². The molecule has 2 atom stereocenters. The summed E-state index contributed by atoms with van der Waals surface area (Å²) in [7, 11) is 0. The van der Waals surface area contributed by atoms with Crippen molar-refractivity contribution in [1.82, 2.24) is 15.5 Å². The van der Waals surface area contributed by atoms with Gasteiger partial charge < -0.3 is 9.84 Å². The molecule has 1 saturated carbocycles. The second-order valence-electron chi connectivity index (χ2n) is 3.36. The van der Waals surface area contributed by atoms with Crippen molar-refractivity contribution < 1.29 is 8.64 Å². The first kappa shape index (κ1) is 4.37. The highest BCUT2D eigenvalue weighted by Gasteiger charge is 2.62. The molecule has 2 fully saturated rings. The summed E-state index contributed by atoms with van der Waals surface area (Å²) in [5, 5.41) is 6.39. The number of hydrogen-bond acceptors (Lipinski definition) is 4. The summed E-state index contributed by atoms with van der Waals surface area (Å²) >= 11 is 0. The molecule has 1 N–H and O–H groups in total. The summed E-state index contributed by atoms with van der Waals surface area (Å²) in [6.45, 7) is 0.440. The highest BCUT2D eigenvalue weighted by molar-refractivity contribution is 5.25. The molecule has 0 amide bonds. The van der Waals surface area contributed by atoms with E-state index in [0.29, 0.717) is 24.7 Å². The van der Waals surface area contributed by atoms with Gasteiger partial charge in [-0.05, 0) is 25.7 Å². The number of rotatable bonds is 1. The second kappa shape index (κ2) is 1.88. The van der Waals surface area contributed by atoms with Crippen molar-refractivity contribution in [3.8, 4) is 0 Å². The Morgan fingerprint density at radius 3 is 3.33 bits per heavy atom. The first-order valence-electron chi connectivity index (χ1n) is 5.47. The quantitative estimate of drug-likeness (QED) is 0.652. The number of hydrogen-bond donors (Lipinski definition) is 1. The lowest BCUT2D eigenvalue weighted by Gasteiger charge is -2.02. The summed E-state index contributed by atoms with van der Waals surface area (Å²) in [6, 6.07) is 0. The lowest BCUT2D eigenvalue weighted by atomic mass is 10.1. The Kier molecular flexibility index (Phi) is 0.684. The van der Waals surface area contributed by atoms with Gasteiger partial charge in [0.2, 0.25) is 5.89 Å². The van der Waals surface area contributed by atoms with Gasteiger partial charge in [0.05, 0.1) is 5.41 Å². The van der Waals surface area contributed by atoms with E-state index in [9.17, 15) is 0 Å². The van der Waals surface area contributed by atoms with Gasteiger partial charge in [-0.15, -0.1) is 0 Å². The largest absolute Gasteiger partial charge is 0.339 e. The van der Waals surface area contributed by atoms with Gasteiger partial charge in [0.15, 0.2) is 5.82 Å². The molecule has 3 rings (SSSR count). The molecule has 4 heteroatoms. The first-order valence-corrected chi connectivity index (χ1v) is 3.97. The molecular weight excluding hydrogens is 154 g/mol. The average molecular weight is 168 g/mol. The van der Waals surface area contributed by atoms with E-state index < -0.39 is 17.8 Å². The lowest BCUT2D eigenvalue weighted by molar-refractivity contribution is 0.343. The van der Waals surface area contributed by atoms with Crippen molar-refractivity contribution >= 4 is 0 Å². The van der Waals surface area contributed by atoms with Gasteiger partial charge in [0.25, 0.3) is 0 Å². The van der Waals surface area contributed by atoms with E-state index in [1.165, 1.54) is 0 Å². The van der Waals surface area contributed by atoms with Crippen LogP contribution in [-0.2, 0) is 5.41 Å². The fourth-order valence-corrected chi connectivity index (χ4v) is 1.66. The molecule has 1 saturated heterocycles. The zero-order valence-electron chi connectivity index (χ0n) is 9.72. The van der Waals surface area contributed by atoms with Gasteiger partial charge in [-0.3, -0.25) is 0 Å². The molecule has 4 nitrogen and oxygen atoms in total. The third kappa shape index (κ3) is 0.659. The standard InChI is InChI=1S/C8H11N3O/c1-5-10-7(12-11-5)8-2-6(8)3-9-4-8/h6,9H,2-4H2,1H3/t6-,8-/m0/s1/i3D2,6D. The van der Waals surface area contributed by atoms with Crippen LogP contribution in [0.15, 0.2) is 4.52 Å². The highest BCUT2D eigenvalue weighted by atomic mass is 16.5. The predicted octanol–water partition coefficient (Wildman–Crippen LogP) is 0.239. The Balaban J connectivity index is 2.04. The topological polar surface area (TPSA) is 51.0 Å². The third-order valence-corrected chi connectivity index (χ3v) is 2.50. The second-order valence-corrected chi connectivity index (χ2v) is 3.36. The van der Waals surface area contributed by atoms with Crippen molar-refractivity contribution in [2.75, 3.05) is 13.0 Å². The molecule has 1 aromatic heterocycles. The van der Waals surface area contributed by atoms with Crippen LogP contribution in [0.4, 0.5) is 0 Å². The van der Waals surface area contributed by atoms with Gasteiger partial charge in [-0.1, -0.05) is 5.16 Å². The minimum absolute atomic E-state index is 0.392. The minimum atomic E-state index is -1.67. The molecule has 0 aromatic carbocycles. The van der Waals surface area contributed by atoms with E-state index in [4.69, 9.17) is 8.64 Å². The fraction of sp³-hybridized carbons (Fsp3) is 0.750. The van der Waals surface area contributed by atoms with Gasteiger partial charge in [0.1, 0.15) is 0 Å². The van der Waals surface area contributed by atoms with Crippen molar-refractivity contribution in [3.63, 3.8) is 0 Å². The molecule has 0 radical (unpaired) electrons. The lowest BCUT2D eigenvalue weighted by Crippen LogP contribution is -2.19. The van der Waals surface area contributed by atoms with Crippen molar-refractivity contribution in [2.45, 2.75) is 18.8 Å². The van der Waals surface area contributed by atoms with Crippen molar-refractivity contribution in [2.24, 2.45) is 5.89 Å². The maximum Gasteiger partial charge on any atom is 0.234 e. The van der Waals surface area contributed by atoms with Crippen LogP contribution in [0.25, 0.3) is 0 Å². The van der Waals surface area contributed by atoms with E-state index in [-0.39, 0.29) is 0 Å². The number of nitrogens with one attached hydrogen (secondary N) is 1. The van der Waals surface area contributed by atoms with Gasteiger partial charge >= 0.3 is 0 Å². The van der Waals surface area contributed by atoms with Crippen LogP contribution >= 0.6 is 0 Å². The Labute approximate surface area is 74.6 Å². The van der Waals surface area contributed by atoms with Crippen LogP contribution < -0.4 is 5.32 Å². The number of aromatic nitrogens is 2. The van der Waals surface area contributed by atoms with Gasteiger partial charge in [0, 0.05) is 10.7 Å². The predicted molar refractivity (Wildman–Crippen MR) is 41.7 cm³/mol. The van der Waals surface area contributed by atoms with Crippen LogP contribution in [0, 0.1) is 12.8 Å². The maximum absolute atomic E-state index is 8.09. The fourth-order valence-electron chi connectivity index (χ4n) is 1.66. The van der Waals surface area contributed by atoms with Crippen LogP contribution in [0.3, 0.4) is 0 Å². The smallest absolute Gasteiger partial charge is 0.234 e. The minimum Gasteiger partial charge on any atom is -0.339 e. The zero-order valence-corrected chi connectivity index (χ0v) is 6.72. The van der Waals surface area contributed by atoms with Gasteiger partial charge in [-0.25, -0.2) is 0 Å². The van der Waals surface area contributed by atoms with E-state index in [2.05, 4.69) is 15.5 Å². The molecule has 12 heavy (non-hydrogen) atoms. The summed E-state index contributed by atoms with van der Waals surface area (Å²) in [5.74, 6) is -0.233. The summed E-state index contributed by atoms with van der Waals surface area (Å²) < 4.78 is 28.5. The van der Waals surface area contributed by atoms with Crippen LogP contribution in [-0.4, -0.2) is 23.2 Å². The van der Waals surface area contributed by atoms with E-state index in [1.54, 1.807) is 6.92 Å². The van der Waals surface area contributed by atoms with Crippen molar-refractivity contribution in [3.05, 3.63) is 11.7 Å². The molecule has 1 aromatic rings. The molecule has 2 aliphatic rings. The van der Waals surface area contributed by atoms with Crippen LogP contribution in [0.1, 0.15) is 22.2 Å². The molecule has 1 aliphatic heterocycles. The molecule has 0 bridgehead atoms. The van der Waals surface area contributed by atoms with E-state index >= 15 is 0 Å². The number of aryl methyl sites for hydroxylation is 1. The molecule has 0 spiro atoms. The Morgan fingerprint density at radius 2 is 2.83 bits per heavy atom. The first-order chi connectivity index (χ1) is 6.91. The maximum atomic E-state index is 8.09. The van der Waals surface area contributed by atoms with Crippen molar-refractivity contribution in [1.29, 1.82) is 0 Å². The van der Waals surface area contributed by atoms with Crippen LogP contribution in [0.5, 0.6) is 0 Å². The zero-order chi connectivity index (χ0) is 10.9. The monoisotopic (exact) mass is 168 g/mol. The number of fused-ring (bicyclic) bond motifs is 1. The molecule has 1 aliphatic carbocycles. The average Bonchev–Trinajstić information content (AvgIpc) is 2.47. The molecular formula is C8H11N3O. The SMILES string of the molecule is [2H]C1([2H])NC[C@@]2(c3nc(C)no3)C[C@@]12[2H]. The summed E-state index contributed by atoms with van der Waals surface area (Å²) in [4.78, 5) is 4.11. The third-order valence-electron chi connectivity index (χ3n) is 2.50. The molecule has 0 unspecified atom stereocenters. The molecule has 64 valence electrons.